The van der Waals surface area contributed by atoms with Crippen LogP contribution in [0.5, 0.6) is 0 Å². The van der Waals surface area contributed by atoms with Crippen molar-refractivity contribution in [3.05, 3.63) is 0 Å². The van der Waals surface area contributed by atoms with E-state index in [2.05, 4.69) is 44.8 Å². The van der Waals surface area contributed by atoms with E-state index in [-0.39, 0.29) is 0 Å². The molecule has 1 N–H and O–H groups in total. The van der Waals surface area contributed by atoms with E-state index in [4.69, 9.17) is 0 Å². The lowest BCUT2D eigenvalue weighted by Gasteiger charge is -2.35. The highest BCUT2D eigenvalue weighted by Crippen LogP contribution is 2.37. The Hall–Kier alpha value is 0.660. The van der Waals surface area contributed by atoms with E-state index in [0.717, 1.165) is 10.5 Å². The van der Waals surface area contributed by atoms with Crippen LogP contribution in [0.15, 0.2) is 0 Å². The van der Waals surface area contributed by atoms with Crippen molar-refractivity contribution in [3.63, 3.8) is 0 Å². The molecule has 1 aliphatic rings. The molecule has 0 aliphatic carbocycles. The van der Waals surface area contributed by atoms with Crippen LogP contribution < -0.4 is 5.32 Å². The second kappa shape index (κ2) is 4.77. The standard InChI is InChI=1S/C9H19NS2/c1-5-6(2)9-10-7(3)11-8(4)12-9/h6-10H,5H2,1-4H3. The Morgan fingerprint density at radius 2 is 2.00 bits per heavy atom. The average Bonchev–Trinajstić information content (AvgIpc) is 2.01. The second-order valence-electron chi connectivity index (χ2n) is 3.45. The SMILES string of the molecule is CCC(C)C1NC(C)SC(C)S1. The van der Waals surface area contributed by atoms with Crippen LogP contribution in [0.3, 0.4) is 0 Å². The van der Waals surface area contributed by atoms with Crippen LogP contribution in [-0.2, 0) is 0 Å². The van der Waals surface area contributed by atoms with Crippen LogP contribution in [-0.4, -0.2) is 15.3 Å². The van der Waals surface area contributed by atoms with Gasteiger partial charge in [0, 0.05) is 0 Å². The first kappa shape index (κ1) is 10.7. The van der Waals surface area contributed by atoms with Gasteiger partial charge in [0.1, 0.15) is 0 Å². The second-order valence-corrected chi connectivity index (χ2v) is 6.93. The maximum Gasteiger partial charge on any atom is 0.0577 e. The molecule has 1 nitrogen and oxygen atoms in total. The number of hydrogen-bond donors (Lipinski definition) is 1. The normalized spacial score (nSPS) is 39.5. The quantitative estimate of drug-likeness (QED) is 0.744. The summed E-state index contributed by atoms with van der Waals surface area (Å²) in [5.74, 6) is 0.792. The van der Waals surface area contributed by atoms with E-state index >= 15 is 0 Å². The molecule has 0 aromatic heterocycles. The summed E-state index contributed by atoms with van der Waals surface area (Å²) in [6.07, 6.45) is 1.27. The molecule has 1 heterocycles. The van der Waals surface area contributed by atoms with Gasteiger partial charge in [-0.2, -0.15) is 0 Å². The molecule has 0 aromatic carbocycles. The van der Waals surface area contributed by atoms with Crippen LogP contribution >= 0.6 is 23.5 Å². The Morgan fingerprint density at radius 1 is 1.33 bits per heavy atom. The molecule has 1 aliphatic heterocycles. The van der Waals surface area contributed by atoms with Crippen molar-refractivity contribution < 1.29 is 0 Å². The minimum absolute atomic E-state index is 0.625. The number of rotatable bonds is 2. The van der Waals surface area contributed by atoms with Crippen molar-refractivity contribution in [1.82, 2.24) is 5.32 Å². The van der Waals surface area contributed by atoms with Crippen molar-refractivity contribution in [2.24, 2.45) is 5.92 Å². The van der Waals surface area contributed by atoms with Crippen LogP contribution in [0.2, 0.25) is 0 Å². The lowest BCUT2D eigenvalue weighted by molar-refractivity contribution is 0.461. The van der Waals surface area contributed by atoms with Crippen LogP contribution in [0, 0.1) is 5.92 Å². The van der Waals surface area contributed by atoms with Gasteiger partial charge in [-0.25, -0.2) is 0 Å². The van der Waals surface area contributed by atoms with E-state index in [1.54, 1.807) is 0 Å². The van der Waals surface area contributed by atoms with Crippen molar-refractivity contribution in [1.29, 1.82) is 0 Å². The largest absolute Gasteiger partial charge is 0.294 e. The summed E-state index contributed by atoms with van der Waals surface area (Å²) in [4.78, 5) is 0. The van der Waals surface area contributed by atoms with Gasteiger partial charge in [-0.1, -0.05) is 20.3 Å². The Bertz CT molecular complexity index is 130. The summed E-state index contributed by atoms with van der Waals surface area (Å²) in [5, 5.41) is 4.92. The van der Waals surface area contributed by atoms with Crippen LogP contribution in [0.25, 0.3) is 0 Å². The molecule has 0 bridgehead atoms. The third-order valence-corrected chi connectivity index (χ3v) is 5.17. The third-order valence-electron chi connectivity index (χ3n) is 2.29. The van der Waals surface area contributed by atoms with Gasteiger partial charge in [-0.15, -0.1) is 23.5 Å². The predicted octanol–water partition coefficient (Wildman–Crippen LogP) is 3.12. The zero-order valence-electron chi connectivity index (χ0n) is 8.33. The molecule has 3 heteroatoms. The monoisotopic (exact) mass is 205 g/mol. The van der Waals surface area contributed by atoms with Crippen molar-refractivity contribution in [2.45, 2.75) is 49.4 Å². The summed E-state index contributed by atoms with van der Waals surface area (Å²) >= 11 is 4.10. The van der Waals surface area contributed by atoms with Gasteiger partial charge in [0.15, 0.2) is 0 Å². The molecule has 4 unspecified atom stereocenters. The number of hydrogen-bond acceptors (Lipinski definition) is 3. The van der Waals surface area contributed by atoms with E-state index in [1.807, 2.05) is 11.8 Å². The fraction of sp³-hybridized carbons (Fsp3) is 1.00. The Morgan fingerprint density at radius 3 is 2.50 bits per heavy atom. The van der Waals surface area contributed by atoms with Gasteiger partial charge in [0.05, 0.1) is 15.3 Å². The summed E-state index contributed by atoms with van der Waals surface area (Å²) in [5.41, 5.74) is 0. The van der Waals surface area contributed by atoms with Crippen molar-refractivity contribution >= 4 is 23.5 Å². The molecule has 1 rings (SSSR count). The highest BCUT2D eigenvalue weighted by atomic mass is 32.2. The lowest BCUT2D eigenvalue weighted by Crippen LogP contribution is -2.41. The maximum atomic E-state index is 3.62. The van der Waals surface area contributed by atoms with Crippen molar-refractivity contribution in [2.75, 3.05) is 0 Å². The van der Waals surface area contributed by atoms with E-state index < -0.39 is 0 Å². The molecule has 12 heavy (non-hydrogen) atoms. The summed E-state index contributed by atoms with van der Waals surface area (Å²) in [6.45, 7) is 9.17. The van der Waals surface area contributed by atoms with Gasteiger partial charge in [-0.05, 0) is 19.8 Å². The minimum atomic E-state index is 0.625. The first-order valence-electron chi connectivity index (χ1n) is 4.70. The molecule has 0 aromatic rings. The van der Waals surface area contributed by atoms with E-state index in [1.165, 1.54) is 6.42 Å². The minimum Gasteiger partial charge on any atom is -0.294 e. The van der Waals surface area contributed by atoms with Gasteiger partial charge in [-0.3, -0.25) is 5.32 Å². The third kappa shape index (κ3) is 2.86. The van der Waals surface area contributed by atoms with Gasteiger partial charge >= 0.3 is 0 Å². The highest BCUT2D eigenvalue weighted by Gasteiger charge is 2.26. The molecule has 0 radical (unpaired) electrons. The van der Waals surface area contributed by atoms with Gasteiger partial charge in [0.2, 0.25) is 0 Å². The zero-order valence-corrected chi connectivity index (χ0v) is 9.97. The molecule has 0 saturated carbocycles. The molecule has 72 valence electrons. The molecule has 4 atom stereocenters. The summed E-state index contributed by atoms with van der Waals surface area (Å²) < 4.78 is 0.750. The smallest absolute Gasteiger partial charge is 0.0577 e. The van der Waals surface area contributed by atoms with Crippen molar-refractivity contribution in [3.8, 4) is 0 Å². The zero-order chi connectivity index (χ0) is 9.14. The number of thioether (sulfide) groups is 2. The van der Waals surface area contributed by atoms with Gasteiger partial charge in [0.25, 0.3) is 0 Å². The Kier molecular flexibility index (Phi) is 4.27. The summed E-state index contributed by atoms with van der Waals surface area (Å²) in [6, 6.07) is 0. The first-order valence-corrected chi connectivity index (χ1v) is 6.59. The lowest BCUT2D eigenvalue weighted by atomic mass is 10.1. The summed E-state index contributed by atoms with van der Waals surface area (Å²) in [7, 11) is 0. The molecule has 1 fully saturated rings. The fourth-order valence-electron chi connectivity index (χ4n) is 1.35. The van der Waals surface area contributed by atoms with E-state index in [9.17, 15) is 0 Å². The molecular formula is C9H19NS2. The maximum absolute atomic E-state index is 3.62. The highest BCUT2D eigenvalue weighted by molar-refractivity contribution is 8.18. The average molecular weight is 205 g/mol. The number of nitrogens with one attached hydrogen (secondary N) is 1. The first-order chi connectivity index (χ1) is 5.63. The molecule has 0 spiro atoms. The topological polar surface area (TPSA) is 12.0 Å². The molecular weight excluding hydrogens is 186 g/mol. The van der Waals surface area contributed by atoms with E-state index in [0.29, 0.717) is 10.7 Å². The Labute approximate surface area is 84.4 Å². The molecule has 1 saturated heterocycles. The van der Waals surface area contributed by atoms with Crippen LogP contribution in [0.4, 0.5) is 0 Å². The fourth-order valence-corrected chi connectivity index (χ4v) is 4.51. The van der Waals surface area contributed by atoms with Gasteiger partial charge < -0.3 is 0 Å². The predicted molar refractivity (Wildman–Crippen MR) is 60.5 cm³/mol. The van der Waals surface area contributed by atoms with Crippen LogP contribution in [0.1, 0.15) is 34.1 Å². The molecule has 0 amide bonds. The Balaban J connectivity index is 2.43.